The lowest BCUT2D eigenvalue weighted by atomic mass is 10.1. The summed E-state index contributed by atoms with van der Waals surface area (Å²) in [6.07, 6.45) is 3.77. The first-order valence-corrected chi connectivity index (χ1v) is 7.58. The molecule has 0 bridgehead atoms. The normalized spacial score (nSPS) is 12.2. The van der Waals surface area contributed by atoms with Gasteiger partial charge in [-0.1, -0.05) is 17.7 Å². The summed E-state index contributed by atoms with van der Waals surface area (Å²) in [4.78, 5) is 17.4. The SMILES string of the molecule is CC(C)=CCOc1c2c(nc3ccccc13)-c1cccn1C2=O. The van der Waals surface area contributed by atoms with E-state index >= 15 is 0 Å². The van der Waals surface area contributed by atoms with Gasteiger partial charge in [0.05, 0.1) is 11.2 Å². The molecule has 0 fully saturated rings. The van der Waals surface area contributed by atoms with Gasteiger partial charge < -0.3 is 4.74 Å². The average Bonchev–Trinajstić information content (AvgIpc) is 3.11. The first-order valence-electron chi connectivity index (χ1n) is 7.58. The molecule has 0 saturated carbocycles. The van der Waals surface area contributed by atoms with Crippen LogP contribution < -0.4 is 4.74 Å². The lowest BCUT2D eigenvalue weighted by Crippen LogP contribution is -2.08. The summed E-state index contributed by atoms with van der Waals surface area (Å²) in [5.74, 6) is 0.544. The van der Waals surface area contributed by atoms with Crippen LogP contribution in [-0.2, 0) is 0 Å². The van der Waals surface area contributed by atoms with Gasteiger partial charge in [-0.15, -0.1) is 0 Å². The minimum absolute atomic E-state index is 0.0783. The summed E-state index contributed by atoms with van der Waals surface area (Å²) < 4.78 is 7.62. The number of aromatic nitrogens is 2. The maximum absolute atomic E-state index is 12.7. The van der Waals surface area contributed by atoms with Gasteiger partial charge in [-0.2, -0.15) is 0 Å². The monoisotopic (exact) mass is 304 g/mol. The third-order valence-corrected chi connectivity index (χ3v) is 3.99. The van der Waals surface area contributed by atoms with E-state index in [-0.39, 0.29) is 5.91 Å². The third-order valence-electron chi connectivity index (χ3n) is 3.99. The fourth-order valence-electron chi connectivity index (χ4n) is 2.88. The average molecular weight is 304 g/mol. The van der Waals surface area contributed by atoms with Crippen molar-refractivity contribution in [3.05, 3.63) is 59.8 Å². The minimum atomic E-state index is -0.0783. The highest BCUT2D eigenvalue weighted by Crippen LogP contribution is 2.40. The summed E-state index contributed by atoms with van der Waals surface area (Å²) in [5, 5.41) is 0.868. The number of nitrogens with zero attached hydrogens (tertiary/aromatic N) is 2. The number of benzene rings is 1. The molecule has 0 radical (unpaired) electrons. The van der Waals surface area contributed by atoms with E-state index in [1.54, 1.807) is 10.8 Å². The Balaban J connectivity index is 1.96. The topological polar surface area (TPSA) is 44.1 Å². The van der Waals surface area contributed by atoms with Gasteiger partial charge in [0.1, 0.15) is 23.6 Å². The molecule has 0 saturated heterocycles. The Morgan fingerprint density at radius 2 is 2.04 bits per heavy atom. The maximum atomic E-state index is 12.7. The van der Waals surface area contributed by atoms with Gasteiger partial charge in [-0.25, -0.2) is 4.98 Å². The van der Waals surface area contributed by atoms with Crippen molar-refractivity contribution in [3.8, 4) is 17.1 Å². The predicted molar refractivity (Wildman–Crippen MR) is 89.8 cm³/mol. The number of hydrogen-bond donors (Lipinski definition) is 0. The molecule has 0 aliphatic carbocycles. The van der Waals surface area contributed by atoms with E-state index in [2.05, 4.69) is 4.98 Å². The van der Waals surface area contributed by atoms with E-state index in [0.29, 0.717) is 23.6 Å². The van der Waals surface area contributed by atoms with Crippen LogP contribution in [0.4, 0.5) is 0 Å². The van der Waals surface area contributed by atoms with Gasteiger partial charge in [0.15, 0.2) is 0 Å². The Bertz CT molecular complexity index is 963. The number of hydrogen-bond acceptors (Lipinski definition) is 3. The third kappa shape index (κ3) is 2.06. The van der Waals surface area contributed by atoms with Crippen LogP contribution in [0, 0.1) is 0 Å². The van der Waals surface area contributed by atoms with Crippen LogP contribution in [0.2, 0.25) is 0 Å². The minimum Gasteiger partial charge on any atom is -0.488 e. The smallest absolute Gasteiger partial charge is 0.268 e. The van der Waals surface area contributed by atoms with Gasteiger partial charge in [0.25, 0.3) is 5.91 Å². The van der Waals surface area contributed by atoms with Gasteiger partial charge in [0, 0.05) is 11.6 Å². The Kier molecular flexibility index (Phi) is 3.05. The fourth-order valence-corrected chi connectivity index (χ4v) is 2.88. The Labute approximate surface area is 134 Å². The molecule has 0 spiro atoms. The van der Waals surface area contributed by atoms with Crippen molar-refractivity contribution in [1.82, 2.24) is 9.55 Å². The predicted octanol–water partition coefficient (Wildman–Crippen LogP) is 4.05. The molecule has 4 rings (SSSR count). The van der Waals surface area contributed by atoms with Crippen LogP contribution in [0.15, 0.2) is 54.2 Å². The lowest BCUT2D eigenvalue weighted by Gasteiger charge is -2.11. The highest BCUT2D eigenvalue weighted by molar-refractivity contribution is 6.13. The molecular weight excluding hydrogens is 288 g/mol. The molecule has 3 aromatic rings. The Morgan fingerprint density at radius 1 is 1.22 bits per heavy atom. The number of fused-ring (bicyclic) bond motifs is 4. The van der Waals surface area contributed by atoms with Crippen LogP contribution in [-0.4, -0.2) is 22.1 Å². The van der Waals surface area contributed by atoms with Crippen molar-refractivity contribution >= 4 is 16.8 Å². The second kappa shape index (κ2) is 5.09. The largest absolute Gasteiger partial charge is 0.488 e. The zero-order valence-corrected chi connectivity index (χ0v) is 13.0. The standard InChI is InChI=1S/C19H16N2O2/c1-12(2)9-11-23-18-13-6-3-4-7-14(13)20-17-15-8-5-10-21(15)19(22)16(17)18/h3-10H,11H2,1-2H3. The highest BCUT2D eigenvalue weighted by atomic mass is 16.5. The van der Waals surface area contributed by atoms with Crippen molar-refractivity contribution in [3.63, 3.8) is 0 Å². The zero-order chi connectivity index (χ0) is 16.0. The molecule has 1 aromatic carbocycles. The maximum Gasteiger partial charge on any atom is 0.268 e. The lowest BCUT2D eigenvalue weighted by molar-refractivity contribution is 0.0966. The van der Waals surface area contributed by atoms with Crippen molar-refractivity contribution in [2.24, 2.45) is 0 Å². The van der Waals surface area contributed by atoms with E-state index in [1.807, 2.05) is 56.3 Å². The van der Waals surface area contributed by atoms with Crippen LogP contribution in [0.25, 0.3) is 22.3 Å². The summed E-state index contributed by atoms with van der Waals surface area (Å²) in [6, 6.07) is 11.5. The van der Waals surface area contributed by atoms with Gasteiger partial charge >= 0.3 is 0 Å². The molecule has 114 valence electrons. The van der Waals surface area contributed by atoms with E-state index in [1.165, 1.54) is 5.57 Å². The summed E-state index contributed by atoms with van der Waals surface area (Å²) in [5.41, 5.74) is 4.09. The van der Waals surface area contributed by atoms with E-state index in [0.717, 1.165) is 16.6 Å². The van der Waals surface area contributed by atoms with E-state index < -0.39 is 0 Å². The number of para-hydroxylation sites is 1. The molecule has 0 amide bonds. The quantitative estimate of drug-likeness (QED) is 0.536. The molecule has 23 heavy (non-hydrogen) atoms. The van der Waals surface area contributed by atoms with Crippen molar-refractivity contribution in [2.45, 2.75) is 13.8 Å². The molecule has 0 atom stereocenters. The van der Waals surface area contributed by atoms with E-state index in [4.69, 9.17) is 4.74 Å². The number of carbonyl (C=O) groups excluding carboxylic acids is 1. The number of rotatable bonds is 3. The van der Waals surface area contributed by atoms with E-state index in [9.17, 15) is 4.79 Å². The number of allylic oxidation sites excluding steroid dienone is 1. The molecule has 2 aromatic heterocycles. The summed E-state index contributed by atoms with van der Waals surface area (Å²) in [6.45, 7) is 4.48. The first-order chi connectivity index (χ1) is 11.2. The van der Waals surface area contributed by atoms with Crippen molar-refractivity contribution in [1.29, 1.82) is 0 Å². The second-order valence-electron chi connectivity index (χ2n) is 5.84. The van der Waals surface area contributed by atoms with Gasteiger partial charge in [-0.3, -0.25) is 9.36 Å². The molecule has 0 N–H and O–H groups in total. The highest BCUT2D eigenvalue weighted by Gasteiger charge is 2.32. The first kappa shape index (κ1) is 13.8. The van der Waals surface area contributed by atoms with Crippen molar-refractivity contribution in [2.75, 3.05) is 6.61 Å². The Hall–Kier alpha value is -2.88. The second-order valence-corrected chi connectivity index (χ2v) is 5.84. The van der Waals surface area contributed by atoms with Crippen LogP contribution >= 0.6 is 0 Å². The molecule has 4 heteroatoms. The zero-order valence-electron chi connectivity index (χ0n) is 13.0. The van der Waals surface area contributed by atoms with Crippen LogP contribution in [0.3, 0.4) is 0 Å². The number of pyridine rings is 1. The van der Waals surface area contributed by atoms with Gasteiger partial charge in [0.2, 0.25) is 0 Å². The molecule has 0 unspecified atom stereocenters. The molecule has 3 heterocycles. The molecule has 1 aliphatic rings. The van der Waals surface area contributed by atoms with Gasteiger partial charge in [-0.05, 0) is 44.2 Å². The van der Waals surface area contributed by atoms with Crippen LogP contribution in [0.5, 0.6) is 5.75 Å². The molecule has 1 aliphatic heterocycles. The van der Waals surface area contributed by atoms with Crippen LogP contribution in [0.1, 0.15) is 24.2 Å². The molecule has 4 nitrogen and oxygen atoms in total. The summed E-state index contributed by atoms with van der Waals surface area (Å²) >= 11 is 0. The fraction of sp³-hybridized carbons (Fsp3) is 0.158. The number of ether oxygens (including phenoxy) is 1. The molecular formula is C19H16N2O2. The van der Waals surface area contributed by atoms with Crippen molar-refractivity contribution < 1.29 is 9.53 Å². The number of carbonyl (C=O) groups is 1. The summed E-state index contributed by atoms with van der Waals surface area (Å²) in [7, 11) is 0. The Morgan fingerprint density at radius 3 is 2.87 bits per heavy atom.